The van der Waals surface area contributed by atoms with Gasteiger partial charge in [0.1, 0.15) is 5.56 Å². The zero-order chi connectivity index (χ0) is 14.7. The Morgan fingerprint density at radius 3 is 2.48 bits per heavy atom. The molecule has 21 heavy (non-hydrogen) atoms. The number of hydrogen-bond donors (Lipinski definition) is 2. The number of hydrogen-bond acceptors (Lipinski definition) is 4. The molecule has 0 bridgehead atoms. The highest BCUT2D eigenvalue weighted by Gasteiger charge is 2.09. The topological polar surface area (TPSA) is 92.7 Å². The molecule has 1 amide bonds. The zero-order valence-corrected chi connectivity index (χ0v) is 10.9. The number of carbonyl (C=O) groups excluding carboxylic acids is 1. The summed E-state index contributed by atoms with van der Waals surface area (Å²) in [6.07, 6.45) is 6.01. The highest BCUT2D eigenvalue weighted by atomic mass is 16.2. The zero-order valence-electron chi connectivity index (χ0n) is 10.9. The molecule has 2 aromatic heterocycles. The minimum absolute atomic E-state index is 0.0651. The quantitative estimate of drug-likeness (QED) is 0.754. The van der Waals surface area contributed by atoms with Crippen molar-refractivity contribution in [3.63, 3.8) is 0 Å². The summed E-state index contributed by atoms with van der Waals surface area (Å²) >= 11 is 0. The van der Waals surface area contributed by atoms with E-state index in [1.54, 1.807) is 36.7 Å². The van der Waals surface area contributed by atoms with Gasteiger partial charge in [-0.15, -0.1) is 0 Å². The van der Waals surface area contributed by atoms with E-state index in [-0.39, 0.29) is 11.0 Å². The third-order valence-corrected chi connectivity index (χ3v) is 2.84. The molecule has 1 aromatic carbocycles. The fourth-order valence-electron chi connectivity index (χ4n) is 1.82. The van der Waals surface area contributed by atoms with E-state index >= 15 is 0 Å². The largest absolute Gasteiger partial charge is 0.367 e. The van der Waals surface area contributed by atoms with Crippen LogP contribution in [0.15, 0.2) is 59.9 Å². The van der Waals surface area contributed by atoms with Crippen LogP contribution in [0.5, 0.6) is 0 Å². The first-order valence-electron chi connectivity index (χ1n) is 6.19. The Morgan fingerprint density at radius 1 is 1.10 bits per heavy atom. The fraction of sp³-hybridized carbons (Fsp3) is 0. The molecule has 0 aliphatic heterocycles. The lowest BCUT2D eigenvalue weighted by atomic mass is 10.2. The van der Waals surface area contributed by atoms with Gasteiger partial charge in [-0.25, -0.2) is 0 Å². The smallest absolute Gasteiger partial charge is 0.261 e. The summed E-state index contributed by atoms with van der Waals surface area (Å²) in [5.41, 5.74) is 1.09. The van der Waals surface area contributed by atoms with Crippen LogP contribution in [0.2, 0.25) is 0 Å². The molecule has 0 radical (unpaired) electrons. The number of aromatic nitrogens is 4. The first-order chi connectivity index (χ1) is 10.2. The van der Waals surface area contributed by atoms with Crippen LogP contribution in [-0.2, 0) is 0 Å². The van der Waals surface area contributed by atoms with Gasteiger partial charge in [-0.3, -0.25) is 9.59 Å². The molecule has 2 heterocycles. The molecular weight excluding hydrogens is 270 g/mol. The van der Waals surface area contributed by atoms with Crippen LogP contribution >= 0.6 is 0 Å². The monoisotopic (exact) mass is 281 g/mol. The van der Waals surface area contributed by atoms with Crippen molar-refractivity contribution < 1.29 is 4.79 Å². The van der Waals surface area contributed by atoms with Gasteiger partial charge >= 0.3 is 0 Å². The number of nitrogens with one attached hydrogen (secondary N) is 2. The van der Waals surface area contributed by atoms with E-state index in [0.29, 0.717) is 5.69 Å². The van der Waals surface area contributed by atoms with Crippen molar-refractivity contribution in [2.24, 2.45) is 0 Å². The Kier molecular flexibility index (Phi) is 3.30. The summed E-state index contributed by atoms with van der Waals surface area (Å²) in [6.45, 7) is 0. The van der Waals surface area contributed by atoms with Gasteiger partial charge in [0, 0.05) is 24.1 Å². The lowest BCUT2D eigenvalue weighted by Gasteiger charge is -2.05. The Balaban J connectivity index is 1.78. The molecule has 0 saturated carbocycles. The lowest BCUT2D eigenvalue weighted by Crippen LogP contribution is -2.20. The summed E-state index contributed by atoms with van der Waals surface area (Å²) in [4.78, 5) is 27.7. The number of H-pyrrole nitrogens is 1. The summed E-state index contributed by atoms with van der Waals surface area (Å²) in [5.74, 6) is -0.457. The van der Waals surface area contributed by atoms with E-state index in [9.17, 15) is 9.59 Å². The minimum atomic E-state index is -0.457. The van der Waals surface area contributed by atoms with E-state index in [1.165, 1.54) is 23.3 Å². The van der Waals surface area contributed by atoms with E-state index in [0.717, 1.165) is 5.69 Å². The van der Waals surface area contributed by atoms with Crippen molar-refractivity contribution in [1.82, 2.24) is 20.0 Å². The standard InChI is InChI=1S/C14H11N5O2/c20-13-5-6-15-9-12(13)14(21)18-10-1-3-11(4-2-10)19-16-7-8-17-19/h1-9H,(H,15,20)(H,18,21). The van der Waals surface area contributed by atoms with Crippen molar-refractivity contribution in [2.45, 2.75) is 0 Å². The molecule has 0 saturated heterocycles. The first-order valence-corrected chi connectivity index (χ1v) is 6.19. The molecule has 104 valence electrons. The van der Waals surface area contributed by atoms with Crippen molar-refractivity contribution in [1.29, 1.82) is 0 Å². The highest BCUT2D eigenvalue weighted by molar-refractivity contribution is 6.03. The molecule has 2 N–H and O–H groups in total. The van der Waals surface area contributed by atoms with Crippen LogP contribution in [0.1, 0.15) is 10.4 Å². The average molecular weight is 281 g/mol. The Hall–Kier alpha value is -3.22. The molecule has 0 fully saturated rings. The third-order valence-electron chi connectivity index (χ3n) is 2.84. The van der Waals surface area contributed by atoms with Crippen LogP contribution in [0.3, 0.4) is 0 Å². The molecule has 0 spiro atoms. The minimum Gasteiger partial charge on any atom is -0.367 e. The van der Waals surface area contributed by atoms with Crippen molar-refractivity contribution in [3.8, 4) is 5.69 Å². The Labute approximate surface area is 119 Å². The molecule has 0 atom stereocenters. The second-order valence-corrected chi connectivity index (χ2v) is 4.24. The van der Waals surface area contributed by atoms with E-state index in [4.69, 9.17) is 0 Å². The van der Waals surface area contributed by atoms with Crippen molar-refractivity contribution >= 4 is 11.6 Å². The summed E-state index contributed by atoms with van der Waals surface area (Å²) < 4.78 is 0. The summed E-state index contributed by atoms with van der Waals surface area (Å²) in [5, 5.41) is 10.7. The van der Waals surface area contributed by atoms with Gasteiger partial charge in [-0.1, -0.05) is 0 Å². The molecule has 3 aromatic rings. The van der Waals surface area contributed by atoms with Gasteiger partial charge in [0.25, 0.3) is 5.91 Å². The molecule has 3 rings (SSSR count). The van der Waals surface area contributed by atoms with E-state index < -0.39 is 5.91 Å². The fourth-order valence-corrected chi connectivity index (χ4v) is 1.82. The van der Waals surface area contributed by atoms with Crippen LogP contribution < -0.4 is 10.7 Å². The predicted octanol–water partition coefficient (Wildman–Crippen LogP) is 1.21. The van der Waals surface area contributed by atoms with Gasteiger partial charge in [-0.05, 0) is 24.3 Å². The lowest BCUT2D eigenvalue weighted by molar-refractivity contribution is 0.102. The third kappa shape index (κ3) is 2.71. The van der Waals surface area contributed by atoms with Gasteiger partial charge in [0.05, 0.1) is 18.1 Å². The number of benzene rings is 1. The maximum atomic E-state index is 12.0. The number of pyridine rings is 1. The van der Waals surface area contributed by atoms with Gasteiger partial charge in [0.2, 0.25) is 0 Å². The number of nitrogens with zero attached hydrogens (tertiary/aromatic N) is 3. The predicted molar refractivity (Wildman–Crippen MR) is 76.4 cm³/mol. The van der Waals surface area contributed by atoms with E-state index in [1.807, 2.05) is 0 Å². The highest BCUT2D eigenvalue weighted by Crippen LogP contribution is 2.12. The van der Waals surface area contributed by atoms with Crippen LogP contribution in [0.25, 0.3) is 5.69 Å². The van der Waals surface area contributed by atoms with Crippen LogP contribution in [0.4, 0.5) is 5.69 Å². The summed E-state index contributed by atoms with van der Waals surface area (Å²) in [7, 11) is 0. The number of carbonyl (C=O) groups is 1. The average Bonchev–Trinajstić information content (AvgIpc) is 3.02. The number of amides is 1. The maximum absolute atomic E-state index is 12.0. The number of anilines is 1. The number of rotatable bonds is 3. The Morgan fingerprint density at radius 2 is 1.81 bits per heavy atom. The van der Waals surface area contributed by atoms with Gasteiger partial charge < -0.3 is 10.3 Å². The normalized spacial score (nSPS) is 10.3. The van der Waals surface area contributed by atoms with Crippen LogP contribution in [0, 0.1) is 0 Å². The Bertz CT molecular complexity index is 806. The summed E-state index contributed by atoms with van der Waals surface area (Å²) in [6, 6.07) is 8.28. The van der Waals surface area contributed by atoms with Gasteiger partial charge in [-0.2, -0.15) is 15.0 Å². The molecule has 7 nitrogen and oxygen atoms in total. The molecular formula is C14H11N5O2. The van der Waals surface area contributed by atoms with Gasteiger partial charge in [0.15, 0.2) is 5.43 Å². The SMILES string of the molecule is O=C(Nc1ccc(-n2nccn2)cc1)c1c[nH]ccc1=O. The van der Waals surface area contributed by atoms with Crippen molar-refractivity contribution in [2.75, 3.05) is 5.32 Å². The molecule has 0 unspecified atom stereocenters. The number of aromatic amines is 1. The molecule has 0 aliphatic carbocycles. The maximum Gasteiger partial charge on any atom is 0.261 e. The first kappa shape index (κ1) is 12.8. The molecule has 0 aliphatic rings. The van der Waals surface area contributed by atoms with Crippen LogP contribution in [-0.4, -0.2) is 25.9 Å². The molecule has 7 heteroatoms. The second kappa shape index (κ2) is 5.41. The van der Waals surface area contributed by atoms with Crippen molar-refractivity contribution in [3.05, 3.63) is 70.9 Å². The second-order valence-electron chi connectivity index (χ2n) is 4.24. The van der Waals surface area contributed by atoms with E-state index in [2.05, 4.69) is 20.5 Å².